The van der Waals surface area contributed by atoms with E-state index in [1.54, 1.807) is 0 Å². The molecule has 0 N–H and O–H groups in total. The van der Waals surface area contributed by atoms with E-state index in [2.05, 4.69) is 72.8 Å². The lowest BCUT2D eigenvalue weighted by Crippen LogP contribution is -2.40. The molecule has 3 rings (SSSR count). The number of amides is 1. The summed E-state index contributed by atoms with van der Waals surface area (Å²) in [4.78, 5) is 15.0. The summed E-state index contributed by atoms with van der Waals surface area (Å²) in [5, 5.41) is 0. The fourth-order valence-electron chi connectivity index (χ4n) is 3.73. The molecular weight excluding hydrogens is 308 g/mol. The van der Waals surface area contributed by atoms with Gasteiger partial charge in [0.05, 0.1) is 6.54 Å². The summed E-state index contributed by atoms with van der Waals surface area (Å²) in [5.74, 6) is 0.582. The summed E-state index contributed by atoms with van der Waals surface area (Å²) in [7, 11) is 0. The SMILES string of the molecule is Cc1ccc(Cn2cccc2CN(C(=O)C2CCCC2)C(C)C)cc1. The van der Waals surface area contributed by atoms with Crippen molar-refractivity contribution in [3.8, 4) is 0 Å². The maximum Gasteiger partial charge on any atom is 0.226 e. The highest BCUT2D eigenvalue weighted by Gasteiger charge is 2.29. The van der Waals surface area contributed by atoms with E-state index in [9.17, 15) is 4.79 Å². The van der Waals surface area contributed by atoms with Gasteiger partial charge in [-0.2, -0.15) is 0 Å². The molecule has 1 fully saturated rings. The van der Waals surface area contributed by atoms with Gasteiger partial charge in [-0.1, -0.05) is 42.7 Å². The summed E-state index contributed by atoms with van der Waals surface area (Å²) in [6.45, 7) is 7.91. The smallest absolute Gasteiger partial charge is 0.226 e. The van der Waals surface area contributed by atoms with Crippen LogP contribution in [0.15, 0.2) is 42.6 Å². The molecule has 1 heterocycles. The first kappa shape index (κ1) is 17.8. The average molecular weight is 338 g/mol. The Hall–Kier alpha value is -2.03. The summed E-state index contributed by atoms with van der Waals surface area (Å²) in [6, 6.07) is 13.1. The minimum atomic E-state index is 0.232. The van der Waals surface area contributed by atoms with Crippen LogP contribution in [0.5, 0.6) is 0 Å². The predicted molar refractivity (Wildman–Crippen MR) is 102 cm³/mol. The maximum absolute atomic E-state index is 12.9. The van der Waals surface area contributed by atoms with E-state index in [1.807, 2.05) is 0 Å². The lowest BCUT2D eigenvalue weighted by atomic mass is 10.1. The Morgan fingerprint density at radius 3 is 2.48 bits per heavy atom. The first-order chi connectivity index (χ1) is 12.0. The van der Waals surface area contributed by atoms with Crippen molar-refractivity contribution < 1.29 is 4.79 Å². The zero-order valence-electron chi connectivity index (χ0n) is 15.7. The van der Waals surface area contributed by atoms with E-state index in [0.29, 0.717) is 12.5 Å². The van der Waals surface area contributed by atoms with Crippen LogP contribution in [0.4, 0.5) is 0 Å². The molecule has 1 aromatic carbocycles. The first-order valence-corrected chi connectivity index (χ1v) is 9.54. The highest BCUT2D eigenvalue weighted by molar-refractivity contribution is 5.79. The van der Waals surface area contributed by atoms with E-state index in [0.717, 1.165) is 19.4 Å². The van der Waals surface area contributed by atoms with Gasteiger partial charge < -0.3 is 9.47 Å². The van der Waals surface area contributed by atoms with Gasteiger partial charge in [-0.3, -0.25) is 4.79 Å². The van der Waals surface area contributed by atoms with E-state index in [1.165, 1.54) is 29.7 Å². The third-order valence-corrected chi connectivity index (χ3v) is 5.34. The summed E-state index contributed by atoms with van der Waals surface area (Å²) in [5.41, 5.74) is 3.78. The van der Waals surface area contributed by atoms with Gasteiger partial charge in [-0.25, -0.2) is 0 Å². The van der Waals surface area contributed by atoms with Gasteiger partial charge in [0.1, 0.15) is 0 Å². The first-order valence-electron chi connectivity index (χ1n) is 9.54. The molecule has 0 saturated heterocycles. The standard InChI is InChI=1S/C22H30N2O/c1-17(2)24(22(25)20-7-4-5-8-20)16-21-9-6-14-23(21)15-19-12-10-18(3)11-13-19/h6,9-14,17,20H,4-5,7-8,15-16H2,1-3H3. The van der Waals surface area contributed by atoms with Crippen molar-refractivity contribution >= 4 is 5.91 Å². The number of rotatable bonds is 6. The predicted octanol–water partition coefficient (Wildman–Crippen LogP) is 4.77. The van der Waals surface area contributed by atoms with Gasteiger partial charge in [0.15, 0.2) is 0 Å². The minimum absolute atomic E-state index is 0.232. The molecule has 1 aliphatic rings. The van der Waals surface area contributed by atoms with Crippen LogP contribution in [0.2, 0.25) is 0 Å². The third kappa shape index (κ3) is 4.33. The molecule has 25 heavy (non-hydrogen) atoms. The monoisotopic (exact) mass is 338 g/mol. The second-order valence-corrected chi connectivity index (χ2v) is 7.65. The van der Waals surface area contributed by atoms with Gasteiger partial charge in [-0.05, 0) is 51.3 Å². The molecule has 1 saturated carbocycles. The quantitative estimate of drug-likeness (QED) is 0.744. The molecule has 0 atom stereocenters. The van der Waals surface area contributed by atoms with Gasteiger partial charge in [0.25, 0.3) is 0 Å². The van der Waals surface area contributed by atoms with Crippen LogP contribution in [0.1, 0.15) is 56.4 Å². The van der Waals surface area contributed by atoms with Crippen LogP contribution in [0.25, 0.3) is 0 Å². The van der Waals surface area contributed by atoms with Crippen LogP contribution in [-0.4, -0.2) is 21.4 Å². The lowest BCUT2D eigenvalue weighted by Gasteiger charge is -2.30. The molecule has 2 aromatic rings. The van der Waals surface area contributed by atoms with Crippen LogP contribution < -0.4 is 0 Å². The highest BCUT2D eigenvalue weighted by atomic mass is 16.2. The van der Waals surface area contributed by atoms with Crippen molar-refractivity contribution in [3.05, 3.63) is 59.4 Å². The molecule has 0 spiro atoms. The normalized spacial score (nSPS) is 15.0. The molecule has 1 aromatic heterocycles. The Bertz CT molecular complexity index is 693. The lowest BCUT2D eigenvalue weighted by molar-refractivity contribution is -0.137. The fraction of sp³-hybridized carbons (Fsp3) is 0.500. The van der Waals surface area contributed by atoms with Crippen LogP contribution in [0.3, 0.4) is 0 Å². The zero-order valence-corrected chi connectivity index (χ0v) is 15.7. The Kier molecular flexibility index (Phi) is 5.62. The fourth-order valence-corrected chi connectivity index (χ4v) is 3.73. The van der Waals surface area contributed by atoms with E-state index in [4.69, 9.17) is 0 Å². The molecule has 0 unspecified atom stereocenters. The third-order valence-electron chi connectivity index (χ3n) is 5.34. The van der Waals surface area contributed by atoms with Crippen molar-refractivity contribution in [2.24, 2.45) is 5.92 Å². The van der Waals surface area contributed by atoms with Crippen LogP contribution >= 0.6 is 0 Å². The number of benzene rings is 1. The van der Waals surface area contributed by atoms with E-state index in [-0.39, 0.29) is 12.0 Å². The molecule has 0 aliphatic heterocycles. The van der Waals surface area contributed by atoms with Crippen molar-refractivity contribution in [1.82, 2.24) is 9.47 Å². The van der Waals surface area contributed by atoms with E-state index >= 15 is 0 Å². The second-order valence-electron chi connectivity index (χ2n) is 7.65. The number of nitrogens with zero attached hydrogens (tertiary/aromatic N) is 2. The minimum Gasteiger partial charge on any atom is -0.345 e. The Balaban J connectivity index is 1.73. The molecular formula is C22H30N2O. The molecule has 1 aliphatic carbocycles. The highest BCUT2D eigenvalue weighted by Crippen LogP contribution is 2.28. The van der Waals surface area contributed by atoms with Gasteiger partial charge in [0, 0.05) is 30.4 Å². The molecule has 0 radical (unpaired) electrons. The molecule has 134 valence electrons. The molecule has 3 heteroatoms. The number of hydrogen-bond donors (Lipinski definition) is 0. The van der Waals surface area contributed by atoms with Crippen molar-refractivity contribution in [2.75, 3.05) is 0 Å². The molecule has 3 nitrogen and oxygen atoms in total. The van der Waals surface area contributed by atoms with Crippen molar-refractivity contribution in [3.63, 3.8) is 0 Å². The van der Waals surface area contributed by atoms with Gasteiger partial charge >= 0.3 is 0 Å². The summed E-state index contributed by atoms with van der Waals surface area (Å²) >= 11 is 0. The van der Waals surface area contributed by atoms with Crippen molar-refractivity contribution in [2.45, 2.75) is 65.6 Å². The number of aromatic nitrogens is 1. The van der Waals surface area contributed by atoms with Gasteiger partial charge in [-0.15, -0.1) is 0 Å². The topological polar surface area (TPSA) is 25.2 Å². The maximum atomic E-state index is 12.9. The molecule has 0 bridgehead atoms. The Morgan fingerprint density at radius 1 is 1.16 bits per heavy atom. The summed E-state index contributed by atoms with van der Waals surface area (Å²) in [6.07, 6.45) is 6.64. The number of hydrogen-bond acceptors (Lipinski definition) is 1. The number of aryl methyl sites for hydroxylation is 1. The molecule has 1 amide bonds. The zero-order chi connectivity index (χ0) is 17.8. The number of carbonyl (C=O) groups excluding carboxylic acids is 1. The average Bonchev–Trinajstić information content (AvgIpc) is 3.26. The van der Waals surface area contributed by atoms with Crippen LogP contribution in [-0.2, 0) is 17.9 Å². The Morgan fingerprint density at radius 2 is 1.84 bits per heavy atom. The Labute approximate surface area is 151 Å². The second kappa shape index (κ2) is 7.90. The van der Waals surface area contributed by atoms with Crippen LogP contribution in [0, 0.1) is 12.8 Å². The summed E-state index contributed by atoms with van der Waals surface area (Å²) < 4.78 is 2.27. The van der Waals surface area contributed by atoms with Crippen molar-refractivity contribution in [1.29, 1.82) is 0 Å². The van der Waals surface area contributed by atoms with Gasteiger partial charge in [0.2, 0.25) is 5.91 Å². The largest absolute Gasteiger partial charge is 0.345 e. The number of carbonyl (C=O) groups is 1. The van der Waals surface area contributed by atoms with E-state index < -0.39 is 0 Å².